The molecule has 1 fully saturated rings. The molecule has 5 nitrogen and oxygen atoms in total. The van der Waals surface area contributed by atoms with Gasteiger partial charge in [0.05, 0.1) is 18.0 Å². The number of halogens is 1. The maximum atomic E-state index is 14.2. The number of carboxylic acid groups (broad SMARTS) is 1. The normalized spacial score (nSPS) is 22.8. The Hall–Kier alpha value is -2.54. The molecule has 2 aromatic rings. The Labute approximate surface area is 179 Å². The molecule has 1 aliphatic heterocycles. The first-order chi connectivity index (χ1) is 14.5. The van der Waals surface area contributed by atoms with Crippen molar-refractivity contribution in [3.05, 3.63) is 47.6 Å². The van der Waals surface area contributed by atoms with Gasteiger partial charge in [-0.15, -0.1) is 11.3 Å². The third-order valence-corrected chi connectivity index (χ3v) is 7.10. The van der Waals surface area contributed by atoms with E-state index in [-0.39, 0.29) is 24.1 Å². The van der Waals surface area contributed by atoms with Gasteiger partial charge in [-0.2, -0.15) is 0 Å². The molecule has 4 rings (SSSR count). The van der Waals surface area contributed by atoms with Crippen molar-refractivity contribution < 1.29 is 19.1 Å². The van der Waals surface area contributed by atoms with Crippen LogP contribution in [0, 0.1) is 23.6 Å². The molecule has 1 N–H and O–H groups in total. The molecule has 2 aliphatic rings. The zero-order chi connectivity index (χ0) is 21.1. The minimum absolute atomic E-state index is 0.0288. The predicted molar refractivity (Wildman–Crippen MR) is 115 cm³/mol. The summed E-state index contributed by atoms with van der Waals surface area (Å²) in [4.78, 5) is 31.2. The molecule has 1 aliphatic carbocycles. The molecular formula is C23H25FN2O3S. The van der Waals surface area contributed by atoms with Crippen LogP contribution < -0.4 is 4.90 Å². The molecule has 7 heteroatoms. The van der Waals surface area contributed by atoms with Crippen LogP contribution in [0.1, 0.15) is 38.5 Å². The number of anilines is 1. The van der Waals surface area contributed by atoms with Crippen molar-refractivity contribution in [2.24, 2.45) is 17.8 Å². The van der Waals surface area contributed by atoms with Crippen molar-refractivity contribution in [2.45, 2.75) is 38.5 Å². The largest absolute Gasteiger partial charge is 0.481 e. The van der Waals surface area contributed by atoms with Gasteiger partial charge in [0.2, 0.25) is 5.91 Å². The third kappa shape index (κ3) is 4.31. The Bertz CT molecular complexity index is 951. The van der Waals surface area contributed by atoms with Crippen LogP contribution in [-0.2, 0) is 9.59 Å². The van der Waals surface area contributed by atoms with E-state index in [1.807, 2.05) is 6.08 Å². The lowest BCUT2D eigenvalue weighted by atomic mass is 9.75. The van der Waals surface area contributed by atoms with E-state index in [0.29, 0.717) is 28.9 Å². The Morgan fingerprint density at radius 2 is 2.00 bits per heavy atom. The molecule has 0 unspecified atom stereocenters. The lowest BCUT2D eigenvalue weighted by Crippen LogP contribution is -2.43. The minimum Gasteiger partial charge on any atom is -0.481 e. The maximum Gasteiger partial charge on any atom is 0.304 e. The van der Waals surface area contributed by atoms with Gasteiger partial charge in [0, 0.05) is 17.5 Å². The van der Waals surface area contributed by atoms with E-state index in [1.54, 1.807) is 28.5 Å². The quantitative estimate of drug-likeness (QED) is 0.670. The highest BCUT2D eigenvalue weighted by Gasteiger charge is 2.39. The fourth-order valence-electron chi connectivity index (χ4n) is 4.76. The van der Waals surface area contributed by atoms with Gasteiger partial charge >= 0.3 is 5.97 Å². The highest BCUT2D eigenvalue weighted by atomic mass is 32.1. The number of aromatic nitrogens is 1. The van der Waals surface area contributed by atoms with Crippen LogP contribution in [0.3, 0.4) is 0 Å². The number of allylic oxidation sites excluding steroid dienone is 1. The summed E-state index contributed by atoms with van der Waals surface area (Å²) in [5, 5.41) is 11.7. The highest BCUT2D eigenvalue weighted by molar-refractivity contribution is 7.14. The minimum atomic E-state index is -0.952. The molecule has 1 aromatic carbocycles. The molecule has 2 heterocycles. The lowest BCUT2D eigenvalue weighted by molar-refractivity contribution is -0.142. The van der Waals surface area contributed by atoms with Gasteiger partial charge in [-0.3, -0.25) is 14.5 Å². The molecule has 158 valence electrons. The van der Waals surface area contributed by atoms with Crippen molar-refractivity contribution in [1.29, 1.82) is 0 Å². The monoisotopic (exact) mass is 428 g/mol. The number of hydrogen-bond donors (Lipinski definition) is 1. The molecule has 30 heavy (non-hydrogen) atoms. The summed E-state index contributed by atoms with van der Waals surface area (Å²) in [5.41, 5.74) is 0.870. The SMILES string of the molecule is O=C(O)C[C@@H]1C(=O)N(c2nc(-c3ccccc3F)cs2)CC=CC[C@@H]1C1CCCC1. The molecule has 0 spiro atoms. The zero-order valence-corrected chi connectivity index (χ0v) is 17.5. The average molecular weight is 429 g/mol. The number of hydrogen-bond acceptors (Lipinski definition) is 4. The first-order valence-corrected chi connectivity index (χ1v) is 11.3. The first kappa shape index (κ1) is 20.7. The summed E-state index contributed by atoms with van der Waals surface area (Å²) in [7, 11) is 0. The molecule has 0 bridgehead atoms. The summed E-state index contributed by atoms with van der Waals surface area (Å²) in [6.07, 6.45) is 8.98. The van der Waals surface area contributed by atoms with E-state index < -0.39 is 11.9 Å². The van der Waals surface area contributed by atoms with Gasteiger partial charge in [-0.05, 0) is 30.4 Å². The molecule has 2 atom stereocenters. The maximum absolute atomic E-state index is 14.2. The number of carbonyl (C=O) groups excluding carboxylic acids is 1. The van der Waals surface area contributed by atoms with Gasteiger partial charge in [0.15, 0.2) is 5.13 Å². The van der Waals surface area contributed by atoms with E-state index >= 15 is 0 Å². The van der Waals surface area contributed by atoms with Gasteiger partial charge in [-0.25, -0.2) is 9.37 Å². The fourth-order valence-corrected chi connectivity index (χ4v) is 5.60. The Morgan fingerprint density at radius 3 is 2.73 bits per heavy atom. The van der Waals surface area contributed by atoms with E-state index in [2.05, 4.69) is 11.1 Å². The van der Waals surface area contributed by atoms with E-state index in [1.165, 1.54) is 17.4 Å². The number of carboxylic acids is 1. The molecule has 0 radical (unpaired) electrons. The summed E-state index contributed by atoms with van der Waals surface area (Å²) in [6, 6.07) is 6.41. The number of thiazole rings is 1. The number of nitrogens with zero attached hydrogens (tertiary/aromatic N) is 2. The third-order valence-electron chi connectivity index (χ3n) is 6.24. The lowest BCUT2D eigenvalue weighted by Gasteiger charge is -2.34. The van der Waals surface area contributed by atoms with Crippen LogP contribution in [0.4, 0.5) is 9.52 Å². The Morgan fingerprint density at radius 1 is 1.23 bits per heavy atom. The van der Waals surface area contributed by atoms with Crippen LogP contribution in [-0.4, -0.2) is 28.5 Å². The topological polar surface area (TPSA) is 70.5 Å². The second-order valence-corrected chi connectivity index (χ2v) is 8.90. The van der Waals surface area contributed by atoms with Crippen molar-refractivity contribution in [3.8, 4) is 11.3 Å². The molecule has 1 saturated carbocycles. The Kier molecular flexibility index (Phi) is 6.27. The number of benzene rings is 1. The molecular weight excluding hydrogens is 403 g/mol. The van der Waals surface area contributed by atoms with Crippen LogP contribution in [0.5, 0.6) is 0 Å². The summed E-state index contributed by atoms with van der Waals surface area (Å²) >= 11 is 1.28. The Balaban J connectivity index is 1.65. The number of aliphatic carboxylic acids is 1. The number of rotatable bonds is 5. The summed E-state index contributed by atoms with van der Waals surface area (Å²) < 4.78 is 14.2. The average Bonchev–Trinajstić information content (AvgIpc) is 3.40. The van der Waals surface area contributed by atoms with E-state index in [9.17, 15) is 19.1 Å². The second-order valence-electron chi connectivity index (χ2n) is 8.06. The molecule has 0 saturated heterocycles. The van der Waals surface area contributed by atoms with Crippen molar-refractivity contribution in [3.63, 3.8) is 0 Å². The van der Waals surface area contributed by atoms with Crippen LogP contribution in [0.25, 0.3) is 11.3 Å². The van der Waals surface area contributed by atoms with Crippen LogP contribution in [0.2, 0.25) is 0 Å². The van der Waals surface area contributed by atoms with Gasteiger partial charge in [0.25, 0.3) is 0 Å². The van der Waals surface area contributed by atoms with Crippen molar-refractivity contribution in [2.75, 3.05) is 11.4 Å². The second kappa shape index (κ2) is 9.08. The van der Waals surface area contributed by atoms with Crippen molar-refractivity contribution >= 4 is 28.3 Å². The molecule has 1 aromatic heterocycles. The van der Waals surface area contributed by atoms with Crippen LogP contribution in [0.15, 0.2) is 41.8 Å². The zero-order valence-electron chi connectivity index (χ0n) is 16.7. The standard InChI is InChI=1S/C23H25FN2O3S/c24-19-11-4-3-10-17(19)20-14-30-23(25-20)26-12-6-5-9-16(15-7-1-2-8-15)18(22(26)29)13-21(27)28/h3-6,10-11,14-16,18H,1-2,7-9,12-13H2,(H,27,28)/t16-,18+/m1/s1. The first-order valence-electron chi connectivity index (χ1n) is 10.4. The highest BCUT2D eigenvalue weighted by Crippen LogP contribution is 2.41. The predicted octanol–water partition coefficient (Wildman–Crippen LogP) is 5.14. The van der Waals surface area contributed by atoms with E-state index in [4.69, 9.17) is 0 Å². The number of carbonyl (C=O) groups is 2. The smallest absolute Gasteiger partial charge is 0.304 e. The molecule has 1 amide bonds. The van der Waals surface area contributed by atoms with Crippen molar-refractivity contribution in [1.82, 2.24) is 4.98 Å². The van der Waals surface area contributed by atoms with Gasteiger partial charge < -0.3 is 5.11 Å². The van der Waals surface area contributed by atoms with Gasteiger partial charge in [0.1, 0.15) is 5.82 Å². The van der Waals surface area contributed by atoms with Gasteiger partial charge in [-0.1, -0.05) is 50.0 Å². The number of amides is 1. The summed E-state index contributed by atoms with van der Waals surface area (Å²) in [6.45, 7) is 0.344. The van der Waals surface area contributed by atoms with Crippen LogP contribution >= 0.6 is 11.3 Å². The summed E-state index contributed by atoms with van der Waals surface area (Å²) in [5.74, 6) is -1.66. The van der Waals surface area contributed by atoms with E-state index in [0.717, 1.165) is 32.1 Å². The fraction of sp³-hybridized carbons (Fsp3) is 0.435.